The van der Waals surface area contributed by atoms with Crippen molar-refractivity contribution in [3.05, 3.63) is 30.1 Å². The van der Waals surface area contributed by atoms with Gasteiger partial charge in [-0.3, -0.25) is 9.69 Å². The molecule has 1 atom stereocenters. The van der Waals surface area contributed by atoms with Gasteiger partial charge in [0.25, 0.3) is 5.91 Å². The molecule has 1 N–H and O–H groups in total. The first-order valence-electron chi connectivity index (χ1n) is 9.66. The quantitative estimate of drug-likeness (QED) is 0.696. The fourth-order valence-electron chi connectivity index (χ4n) is 3.93. The number of sulfonamides is 1. The highest BCUT2D eigenvalue weighted by Gasteiger charge is 2.48. The molecule has 8 nitrogen and oxygen atoms in total. The standard InChI is InChI=1S/C19H27FN4O4S/c1-14(2)12-19(3)17(25)24(18(26)21-19)13-22-8-10-23(11-9-22)29(27,28)16-7-5-4-6-15(16)20/h4-7,14H,8-13H2,1-3H3,(H,21,26)/t19-/m1/s1. The molecule has 0 unspecified atom stereocenters. The minimum atomic E-state index is -3.93. The van der Waals surface area contributed by atoms with Crippen LogP contribution in [0.3, 0.4) is 0 Å². The topological polar surface area (TPSA) is 90.0 Å². The van der Waals surface area contributed by atoms with Gasteiger partial charge in [-0.25, -0.2) is 22.5 Å². The fourth-order valence-corrected chi connectivity index (χ4v) is 5.42. The average Bonchev–Trinajstić information content (AvgIpc) is 2.84. The van der Waals surface area contributed by atoms with E-state index in [4.69, 9.17) is 0 Å². The largest absolute Gasteiger partial charge is 0.326 e. The van der Waals surface area contributed by atoms with E-state index in [1.54, 1.807) is 6.92 Å². The van der Waals surface area contributed by atoms with Gasteiger partial charge in [0.2, 0.25) is 10.0 Å². The summed E-state index contributed by atoms with van der Waals surface area (Å²) in [5, 5.41) is 2.77. The summed E-state index contributed by atoms with van der Waals surface area (Å²) in [5.41, 5.74) is -0.915. The SMILES string of the molecule is CC(C)C[C@@]1(C)NC(=O)N(CN2CCN(S(=O)(=O)c3ccccc3F)CC2)C1=O. The first-order valence-corrected chi connectivity index (χ1v) is 11.1. The highest BCUT2D eigenvalue weighted by molar-refractivity contribution is 7.89. The number of urea groups is 1. The maximum atomic E-state index is 13.9. The summed E-state index contributed by atoms with van der Waals surface area (Å²) in [4.78, 5) is 27.8. The van der Waals surface area contributed by atoms with Gasteiger partial charge in [0.05, 0.1) is 6.67 Å². The fraction of sp³-hybridized carbons (Fsp3) is 0.579. The number of amides is 3. The lowest BCUT2D eigenvalue weighted by Crippen LogP contribution is -2.53. The van der Waals surface area contributed by atoms with Crippen LogP contribution in [0.4, 0.5) is 9.18 Å². The summed E-state index contributed by atoms with van der Waals surface area (Å²) in [6.45, 7) is 6.80. The summed E-state index contributed by atoms with van der Waals surface area (Å²) < 4.78 is 40.5. The molecule has 0 spiro atoms. The van der Waals surface area contributed by atoms with Crippen LogP contribution < -0.4 is 5.32 Å². The molecule has 160 valence electrons. The molecule has 3 rings (SSSR count). The summed E-state index contributed by atoms with van der Waals surface area (Å²) in [6.07, 6.45) is 0.544. The number of nitrogens with zero attached hydrogens (tertiary/aromatic N) is 3. The lowest BCUT2D eigenvalue weighted by atomic mass is 9.91. The summed E-state index contributed by atoms with van der Waals surface area (Å²) in [7, 11) is -3.93. The number of carbonyl (C=O) groups excluding carboxylic acids is 2. The molecule has 0 aromatic heterocycles. The number of hydrogen-bond donors (Lipinski definition) is 1. The molecule has 2 fully saturated rings. The van der Waals surface area contributed by atoms with Crippen LogP contribution in [0.2, 0.25) is 0 Å². The van der Waals surface area contributed by atoms with Crippen LogP contribution in [-0.2, 0) is 14.8 Å². The molecule has 10 heteroatoms. The smallest absolute Gasteiger partial charge is 0.323 e. The Morgan fingerprint density at radius 1 is 1.14 bits per heavy atom. The third-order valence-corrected chi connectivity index (χ3v) is 7.22. The van der Waals surface area contributed by atoms with Gasteiger partial charge in [0, 0.05) is 26.2 Å². The second-order valence-electron chi connectivity index (χ2n) is 8.19. The van der Waals surface area contributed by atoms with Crippen molar-refractivity contribution in [1.29, 1.82) is 0 Å². The second kappa shape index (κ2) is 8.00. The first-order chi connectivity index (χ1) is 13.5. The molecule has 0 bridgehead atoms. The number of nitrogens with one attached hydrogen (secondary N) is 1. The second-order valence-corrected chi connectivity index (χ2v) is 10.1. The Morgan fingerprint density at radius 3 is 2.34 bits per heavy atom. The summed E-state index contributed by atoms with van der Waals surface area (Å²) in [6, 6.07) is 4.86. The van der Waals surface area contributed by atoms with E-state index in [0.29, 0.717) is 19.5 Å². The van der Waals surface area contributed by atoms with Gasteiger partial charge in [-0.15, -0.1) is 0 Å². The van der Waals surface area contributed by atoms with Crippen LogP contribution in [0.1, 0.15) is 27.2 Å². The molecule has 1 aromatic rings. The Bertz CT molecular complexity index is 899. The lowest BCUT2D eigenvalue weighted by molar-refractivity contribution is -0.133. The Kier molecular flexibility index (Phi) is 5.98. The van der Waals surface area contributed by atoms with Crippen molar-refractivity contribution in [2.45, 2.75) is 37.6 Å². The van der Waals surface area contributed by atoms with E-state index in [0.717, 1.165) is 6.07 Å². The van der Waals surface area contributed by atoms with Crippen LogP contribution in [0.25, 0.3) is 0 Å². The van der Waals surface area contributed by atoms with Gasteiger partial charge in [-0.2, -0.15) is 4.31 Å². The first kappa shape index (κ1) is 21.7. The van der Waals surface area contributed by atoms with Crippen molar-refractivity contribution in [1.82, 2.24) is 19.4 Å². The van der Waals surface area contributed by atoms with Gasteiger partial charge >= 0.3 is 6.03 Å². The van der Waals surface area contributed by atoms with Gasteiger partial charge in [-0.1, -0.05) is 26.0 Å². The van der Waals surface area contributed by atoms with Gasteiger partial charge < -0.3 is 5.32 Å². The van der Waals surface area contributed by atoms with Crippen LogP contribution in [0, 0.1) is 11.7 Å². The molecule has 29 heavy (non-hydrogen) atoms. The Balaban J connectivity index is 1.63. The third-order valence-electron chi connectivity index (χ3n) is 5.29. The monoisotopic (exact) mass is 426 g/mol. The molecule has 0 saturated carbocycles. The maximum absolute atomic E-state index is 13.9. The van der Waals surface area contributed by atoms with Crippen LogP contribution in [0.5, 0.6) is 0 Å². The zero-order valence-electron chi connectivity index (χ0n) is 16.9. The van der Waals surface area contributed by atoms with Crippen LogP contribution >= 0.6 is 0 Å². The molecule has 0 aliphatic carbocycles. The van der Waals surface area contributed by atoms with E-state index in [1.807, 2.05) is 18.7 Å². The van der Waals surface area contributed by atoms with Crippen molar-refractivity contribution in [3.8, 4) is 0 Å². The van der Waals surface area contributed by atoms with Crippen molar-refractivity contribution >= 4 is 22.0 Å². The van der Waals surface area contributed by atoms with E-state index in [1.165, 1.54) is 27.4 Å². The summed E-state index contributed by atoms with van der Waals surface area (Å²) in [5.74, 6) is -0.798. The van der Waals surface area contributed by atoms with Crippen molar-refractivity contribution in [2.75, 3.05) is 32.8 Å². The average molecular weight is 427 g/mol. The molecule has 2 aliphatic heterocycles. The maximum Gasteiger partial charge on any atom is 0.326 e. The number of hydrogen-bond acceptors (Lipinski definition) is 5. The number of rotatable bonds is 6. The number of piperazine rings is 1. The van der Waals surface area contributed by atoms with Gasteiger partial charge in [0.1, 0.15) is 16.3 Å². The Labute approximate surface area is 170 Å². The number of halogens is 1. The zero-order valence-corrected chi connectivity index (χ0v) is 17.7. The van der Waals surface area contributed by atoms with E-state index in [2.05, 4.69) is 5.32 Å². The minimum absolute atomic E-state index is 0.103. The third kappa shape index (κ3) is 4.29. The van der Waals surface area contributed by atoms with Gasteiger partial charge in [-0.05, 0) is 31.4 Å². The van der Waals surface area contributed by atoms with E-state index < -0.39 is 27.4 Å². The Hall–Kier alpha value is -2.04. The van der Waals surface area contributed by atoms with Crippen molar-refractivity contribution in [3.63, 3.8) is 0 Å². The van der Waals surface area contributed by atoms with Gasteiger partial charge in [0.15, 0.2) is 0 Å². The zero-order chi connectivity index (χ0) is 21.4. The van der Waals surface area contributed by atoms with E-state index in [-0.39, 0.29) is 36.5 Å². The number of imide groups is 1. The Morgan fingerprint density at radius 2 is 1.76 bits per heavy atom. The molecule has 1 aromatic carbocycles. The predicted octanol–water partition coefficient (Wildman–Crippen LogP) is 1.45. The molecular weight excluding hydrogens is 399 g/mol. The molecular formula is C19H27FN4O4S. The van der Waals surface area contributed by atoms with Crippen LogP contribution in [0.15, 0.2) is 29.2 Å². The van der Waals surface area contributed by atoms with E-state index in [9.17, 15) is 22.4 Å². The van der Waals surface area contributed by atoms with E-state index >= 15 is 0 Å². The highest BCUT2D eigenvalue weighted by Crippen LogP contribution is 2.26. The molecule has 0 radical (unpaired) electrons. The summed E-state index contributed by atoms with van der Waals surface area (Å²) >= 11 is 0. The molecule has 3 amide bonds. The van der Waals surface area contributed by atoms with Crippen LogP contribution in [-0.4, -0.2) is 72.8 Å². The predicted molar refractivity (Wildman–Crippen MR) is 105 cm³/mol. The van der Waals surface area contributed by atoms with Crippen molar-refractivity contribution < 1.29 is 22.4 Å². The number of benzene rings is 1. The highest BCUT2D eigenvalue weighted by atomic mass is 32.2. The molecule has 2 saturated heterocycles. The lowest BCUT2D eigenvalue weighted by Gasteiger charge is -2.35. The molecule has 2 aliphatic rings. The normalized spacial score (nSPS) is 24.4. The number of carbonyl (C=O) groups is 2. The van der Waals surface area contributed by atoms with Crippen molar-refractivity contribution in [2.24, 2.45) is 5.92 Å². The minimum Gasteiger partial charge on any atom is -0.323 e. The molecule has 2 heterocycles.